The molecule has 1 aliphatic heterocycles. The third-order valence-corrected chi connectivity index (χ3v) is 4.96. The molecule has 0 bridgehead atoms. The standard InChI is InChI=1S/C13H17NO5S/c1-2-19-12-8-10(13(15)16)7-11(9-12)14-5-3-4-6-20(14,17)18/h7-9H,2-6H2,1H3,(H,15,16). The molecule has 0 atom stereocenters. The normalized spacial score (nSPS) is 17.8. The summed E-state index contributed by atoms with van der Waals surface area (Å²) in [4.78, 5) is 11.1. The summed E-state index contributed by atoms with van der Waals surface area (Å²) in [5.74, 6) is -0.653. The van der Waals surface area contributed by atoms with E-state index >= 15 is 0 Å². The lowest BCUT2D eigenvalue weighted by Gasteiger charge is -2.28. The molecule has 0 saturated carbocycles. The number of sulfonamides is 1. The minimum atomic E-state index is -3.37. The van der Waals surface area contributed by atoms with Crippen LogP contribution in [0.5, 0.6) is 5.75 Å². The molecule has 7 heteroatoms. The molecule has 1 saturated heterocycles. The predicted molar refractivity (Wildman–Crippen MR) is 74.9 cm³/mol. The zero-order valence-electron chi connectivity index (χ0n) is 11.2. The summed E-state index contributed by atoms with van der Waals surface area (Å²) in [5, 5.41) is 9.11. The second-order valence-corrected chi connectivity index (χ2v) is 6.56. The van der Waals surface area contributed by atoms with E-state index < -0.39 is 16.0 Å². The lowest BCUT2D eigenvalue weighted by atomic mass is 10.2. The molecule has 0 radical (unpaired) electrons. The van der Waals surface area contributed by atoms with Crippen molar-refractivity contribution in [2.75, 3.05) is 23.2 Å². The van der Waals surface area contributed by atoms with E-state index in [-0.39, 0.29) is 11.3 Å². The van der Waals surface area contributed by atoms with Crippen molar-refractivity contribution in [3.8, 4) is 5.75 Å². The monoisotopic (exact) mass is 299 g/mol. The first-order valence-corrected chi connectivity index (χ1v) is 8.06. The number of nitrogens with zero attached hydrogens (tertiary/aromatic N) is 1. The minimum absolute atomic E-state index is 0.0201. The smallest absolute Gasteiger partial charge is 0.335 e. The SMILES string of the molecule is CCOc1cc(C(=O)O)cc(N2CCCCS2(=O)=O)c1. The van der Waals surface area contributed by atoms with Crippen molar-refractivity contribution < 1.29 is 23.1 Å². The highest BCUT2D eigenvalue weighted by Crippen LogP contribution is 2.29. The number of carbonyl (C=O) groups is 1. The zero-order valence-corrected chi connectivity index (χ0v) is 12.0. The fourth-order valence-electron chi connectivity index (χ4n) is 2.18. The van der Waals surface area contributed by atoms with Crippen LogP contribution in [0.3, 0.4) is 0 Å². The molecule has 0 unspecified atom stereocenters. The Morgan fingerprint density at radius 1 is 1.35 bits per heavy atom. The Bertz CT molecular complexity index is 611. The van der Waals surface area contributed by atoms with Crippen LogP contribution >= 0.6 is 0 Å². The number of ether oxygens (including phenoxy) is 1. The maximum Gasteiger partial charge on any atom is 0.335 e. The van der Waals surface area contributed by atoms with Crippen molar-refractivity contribution in [3.05, 3.63) is 23.8 Å². The first-order chi connectivity index (χ1) is 9.44. The molecular weight excluding hydrogens is 282 g/mol. The maximum absolute atomic E-state index is 12.1. The maximum atomic E-state index is 12.1. The minimum Gasteiger partial charge on any atom is -0.494 e. The number of aromatic carboxylic acids is 1. The molecule has 1 fully saturated rings. The second kappa shape index (κ2) is 5.70. The van der Waals surface area contributed by atoms with Gasteiger partial charge in [-0.05, 0) is 31.9 Å². The molecule has 0 aromatic heterocycles. The van der Waals surface area contributed by atoms with Crippen molar-refractivity contribution in [1.29, 1.82) is 0 Å². The van der Waals surface area contributed by atoms with Crippen molar-refractivity contribution in [3.63, 3.8) is 0 Å². The van der Waals surface area contributed by atoms with Crippen LogP contribution in [0.1, 0.15) is 30.1 Å². The Morgan fingerprint density at radius 3 is 2.70 bits per heavy atom. The van der Waals surface area contributed by atoms with Crippen molar-refractivity contribution in [2.24, 2.45) is 0 Å². The molecule has 0 spiro atoms. The first kappa shape index (κ1) is 14.6. The van der Waals surface area contributed by atoms with E-state index in [1.54, 1.807) is 13.0 Å². The van der Waals surface area contributed by atoms with Gasteiger partial charge in [-0.3, -0.25) is 4.31 Å². The number of anilines is 1. The van der Waals surface area contributed by atoms with E-state index in [4.69, 9.17) is 9.84 Å². The molecule has 0 amide bonds. The van der Waals surface area contributed by atoms with Gasteiger partial charge in [-0.2, -0.15) is 0 Å². The highest BCUT2D eigenvalue weighted by molar-refractivity contribution is 7.92. The molecule has 1 heterocycles. The summed E-state index contributed by atoms with van der Waals surface area (Å²) in [6.45, 7) is 2.54. The van der Waals surface area contributed by atoms with Gasteiger partial charge in [-0.15, -0.1) is 0 Å². The average molecular weight is 299 g/mol. The van der Waals surface area contributed by atoms with Crippen LogP contribution in [0.2, 0.25) is 0 Å². The van der Waals surface area contributed by atoms with Crippen LogP contribution in [-0.2, 0) is 10.0 Å². The molecule has 1 N–H and O–H groups in total. The molecule has 1 aliphatic rings. The number of benzene rings is 1. The third kappa shape index (κ3) is 3.04. The Hall–Kier alpha value is -1.76. The third-order valence-electron chi connectivity index (χ3n) is 3.09. The van der Waals surface area contributed by atoms with Crippen LogP contribution in [0.15, 0.2) is 18.2 Å². The fraction of sp³-hybridized carbons (Fsp3) is 0.462. The highest BCUT2D eigenvalue weighted by atomic mass is 32.2. The highest BCUT2D eigenvalue weighted by Gasteiger charge is 2.27. The molecule has 6 nitrogen and oxygen atoms in total. The van der Waals surface area contributed by atoms with E-state index in [0.29, 0.717) is 31.0 Å². The van der Waals surface area contributed by atoms with Gasteiger partial charge in [0, 0.05) is 12.6 Å². The van der Waals surface area contributed by atoms with E-state index in [1.807, 2.05) is 0 Å². The van der Waals surface area contributed by atoms with Gasteiger partial charge < -0.3 is 9.84 Å². The van der Waals surface area contributed by atoms with Crippen LogP contribution < -0.4 is 9.04 Å². The zero-order chi connectivity index (χ0) is 14.8. The molecular formula is C13H17NO5S. The first-order valence-electron chi connectivity index (χ1n) is 6.45. The Kier molecular flexibility index (Phi) is 4.17. The quantitative estimate of drug-likeness (QED) is 0.915. The van der Waals surface area contributed by atoms with Crippen LogP contribution in [-0.4, -0.2) is 38.4 Å². The van der Waals surface area contributed by atoms with Crippen LogP contribution in [0, 0.1) is 0 Å². The van der Waals surface area contributed by atoms with E-state index in [2.05, 4.69) is 0 Å². The predicted octanol–water partition coefficient (Wildman–Crippen LogP) is 1.71. The number of carboxylic acid groups (broad SMARTS) is 1. The summed E-state index contributed by atoms with van der Waals surface area (Å²) < 4.78 is 30.7. The molecule has 20 heavy (non-hydrogen) atoms. The topological polar surface area (TPSA) is 83.9 Å². The number of carboxylic acids is 1. The Labute approximate surface area is 118 Å². The van der Waals surface area contributed by atoms with E-state index in [1.165, 1.54) is 16.4 Å². The van der Waals surface area contributed by atoms with Crippen LogP contribution in [0.4, 0.5) is 5.69 Å². The molecule has 1 aromatic carbocycles. The number of hydrogen-bond donors (Lipinski definition) is 1. The Morgan fingerprint density at radius 2 is 2.10 bits per heavy atom. The van der Waals surface area contributed by atoms with Gasteiger partial charge in [0.15, 0.2) is 0 Å². The Balaban J connectivity index is 2.46. The number of hydrogen-bond acceptors (Lipinski definition) is 4. The van der Waals surface area contributed by atoms with Gasteiger partial charge in [-0.25, -0.2) is 13.2 Å². The summed E-state index contributed by atoms with van der Waals surface area (Å²) in [6, 6.07) is 4.33. The lowest BCUT2D eigenvalue weighted by Crippen LogP contribution is -2.37. The van der Waals surface area contributed by atoms with E-state index in [9.17, 15) is 13.2 Å². The largest absolute Gasteiger partial charge is 0.494 e. The summed E-state index contributed by atoms with van der Waals surface area (Å²) in [6.07, 6.45) is 1.40. The van der Waals surface area contributed by atoms with Crippen LogP contribution in [0.25, 0.3) is 0 Å². The van der Waals surface area contributed by atoms with E-state index in [0.717, 1.165) is 6.42 Å². The molecule has 1 aromatic rings. The summed E-state index contributed by atoms with van der Waals surface area (Å²) in [5.41, 5.74) is 0.375. The fourth-order valence-corrected chi connectivity index (χ4v) is 3.80. The van der Waals surface area contributed by atoms with Crippen molar-refractivity contribution in [1.82, 2.24) is 0 Å². The molecule has 0 aliphatic carbocycles. The summed E-state index contributed by atoms with van der Waals surface area (Å²) >= 11 is 0. The van der Waals surface area contributed by atoms with Gasteiger partial charge in [-0.1, -0.05) is 0 Å². The van der Waals surface area contributed by atoms with Gasteiger partial charge in [0.05, 0.1) is 23.6 Å². The number of rotatable bonds is 4. The van der Waals surface area contributed by atoms with Crippen molar-refractivity contribution in [2.45, 2.75) is 19.8 Å². The van der Waals surface area contributed by atoms with Gasteiger partial charge in [0.25, 0.3) is 0 Å². The molecule has 110 valence electrons. The van der Waals surface area contributed by atoms with Gasteiger partial charge in [0.2, 0.25) is 10.0 Å². The average Bonchev–Trinajstić information content (AvgIpc) is 2.38. The summed E-state index contributed by atoms with van der Waals surface area (Å²) in [7, 11) is -3.37. The molecule has 2 rings (SSSR count). The second-order valence-electron chi connectivity index (χ2n) is 4.55. The van der Waals surface area contributed by atoms with Crippen molar-refractivity contribution >= 4 is 21.7 Å². The van der Waals surface area contributed by atoms with Gasteiger partial charge in [0.1, 0.15) is 5.75 Å². The van der Waals surface area contributed by atoms with Gasteiger partial charge >= 0.3 is 5.97 Å². The lowest BCUT2D eigenvalue weighted by molar-refractivity contribution is 0.0696.